The van der Waals surface area contributed by atoms with Gasteiger partial charge in [-0.05, 0) is 12.1 Å². The smallest absolute Gasteiger partial charge is 0.307 e. The molecule has 1 heterocycles. The molecule has 1 N–H and O–H groups in total. The summed E-state index contributed by atoms with van der Waals surface area (Å²) < 4.78 is 16.3. The summed E-state index contributed by atoms with van der Waals surface area (Å²) in [5.74, 6) is 0.592. The third-order valence-electron chi connectivity index (χ3n) is 3.19. The molecule has 0 aliphatic heterocycles. The van der Waals surface area contributed by atoms with Crippen LogP contribution in [0.5, 0.6) is 11.5 Å². The highest BCUT2D eigenvalue weighted by atomic mass is 16.5. The second kappa shape index (κ2) is 8.49. The second-order valence-electron chi connectivity index (χ2n) is 4.81. The maximum absolute atomic E-state index is 10.6. The van der Waals surface area contributed by atoms with E-state index in [1.54, 1.807) is 43.5 Å². The molecule has 0 radical (unpaired) electrons. The van der Waals surface area contributed by atoms with Crippen LogP contribution in [0.2, 0.25) is 0 Å². The Hall–Kier alpha value is -3.35. The van der Waals surface area contributed by atoms with Crippen molar-refractivity contribution in [1.29, 1.82) is 0 Å². The molecule has 2 rings (SSSR count). The Morgan fingerprint density at radius 1 is 1.32 bits per heavy atom. The van der Waals surface area contributed by atoms with Gasteiger partial charge < -0.3 is 19.0 Å². The largest absolute Gasteiger partial charge is 0.493 e. The number of para-hydroxylation sites is 1. The molecule has 130 valence electrons. The Kier molecular flexibility index (Phi) is 6.11. The number of hydrogen-bond acceptors (Lipinski definition) is 6. The first-order chi connectivity index (χ1) is 12.1. The lowest BCUT2D eigenvalue weighted by Crippen LogP contribution is -1.93. The van der Waals surface area contributed by atoms with E-state index < -0.39 is 5.97 Å². The monoisotopic (exact) mass is 342 g/mol. The zero-order valence-electron chi connectivity index (χ0n) is 13.9. The van der Waals surface area contributed by atoms with E-state index in [9.17, 15) is 4.79 Å². The molecule has 0 aliphatic carbocycles. The van der Waals surface area contributed by atoms with Crippen molar-refractivity contribution in [2.75, 3.05) is 14.2 Å². The summed E-state index contributed by atoms with van der Waals surface area (Å²) >= 11 is 0. The van der Waals surface area contributed by atoms with Crippen LogP contribution < -0.4 is 9.47 Å². The topological polar surface area (TPSA) is 94.7 Å². The molecule has 0 bridgehead atoms. The van der Waals surface area contributed by atoms with E-state index in [2.05, 4.69) is 16.8 Å². The van der Waals surface area contributed by atoms with Gasteiger partial charge in [0.15, 0.2) is 11.5 Å². The molecule has 7 heteroatoms. The van der Waals surface area contributed by atoms with Gasteiger partial charge in [0.25, 0.3) is 5.89 Å². The average molecular weight is 342 g/mol. The number of allylic oxidation sites excluding steroid dienone is 4. The predicted octanol–water partition coefficient (Wildman–Crippen LogP) is 3.35. The van der Waals surface area contributed by atoms with Crippen LogP contribution in [0.25, 0.3) is 17.0 Å². The van der Waals surface area contributed by atoms with E-state index in [0.29, 0.717) is 22.6 Å². The van der Waals surface area contributed by atoms with Gasteiger partial charge in [-0.3, -0.25) is 4.79 Å². The number of rotatable bonds is 8. The van der Waals surface area contributed by atoms with Crippen LogP contribution in [0.4, 0.5) is 0 Å². The van der Waals surface area contributed by atoms with Crippen molar-refractivity contribution in [1.82, 2.24) is 10.2 Å². The fourth-order valence-electron chi connectivity index (χ4n) is 2.12. The third-order valence-corrected chi connectivity index (χ3v) is 3.19. The quantitative estimate of drug-likeness (QED) is 0.735. The van der Waals surface area contributed by atoms with Crippen molar-refractivity contribution >= 4 is 11.5 Å². The van der Waals surface area contributed by atoms with Crippen molar-refractivity contribution in [3.05, 3.63) is 55.0 Å². The Morgan fingerprint density at radius 2 is 2.12 bits per heavy atom. The highest BCUT2D eigenvalue weighted by molar-refractivity contribution is 5.74. The summed E-state index contributed by atoms with van der Waals surface area (Å²) in [6.07, 6.45) is 6.18. The van der Waals surface area contributed by atoms with E-state index >= 15 is 0 Å². The second-order valence-corrected chi connectivity index (χ2v) is 4.81. The van der Waals surface area contributed by atoms with Crippen LogP contribution in [0.1, 0.15) is 12.3 Å². The number of aliphatic carboxylic acids is 1. The Morgan fingerprint density at radius 3 is 2.76 bits per heavy atom. The lowest BCUT2D eigenvalue weighted by atomic mass is 10.2. The molecule has 7 nitrogen and oxygen atoms in total. The fraction of sp³-hybridized carbons (Fsp3) is 0.167. The van der Waals surface area contributed by atoms with Crippen molar-refractivity contribution < 1.29 is 23.8 Å². The zero-order valence-corrected chi connectivity index (χ0v) is 13.9. The summed E-state index contributed by atoms with van der Waals surface area (Å²) in [5.41, 5.74) is 1.14. The molecule has 1 aromatic carbocycles. The summed E-state index contributed by atoms with van der Waals surface area (Å²) in [6, 6.07) is 5.32. The van der Waals surface area contributed by atoms with E-state index in [0.717, 1.165) is 0 Å². The number of methoxy groups -OCH3 is 2. The number of carbonyl (C=O) groups is 1. The standard InChI is InChI=1S/C18H18N2O5/c1-4-7-12(8-5-11-15(21)22)17-19-20-18(25-17)13-9-6-10-14(23-2)16(13)24-3/h4-10H,1,11H2,2-3H3,(H,21,22)/b8-5-,12-7+. The van der Waals surface area contributed by atoms with Crippen LogP contribution in [-0.4, -0.2) is 35.5 Å². The van der Waals surface area contributed by atoms with Crippen molar-refractivity contribution in [2.24, 2.45) is 0 Å². The molecule has 1 aromatic heterocycles. The summed E-state index contributed by atoms with van der Waals surface area (Å²) in [7, 11) is 3.06. The number of carboxylic acids is 1. The first-order valence-electron chi connectivity index (χ1n) is 7.37. The van der Waals surface area contributed by atoms with Gasteiger partial charge in [-0.25, -0.2) is 0 Å². The Balaban J connectivity index is 2.38. The highest BCUT2D eigenvalue weighted by Gasteiger charge is 2.17. The van der Waals surface area contributed by atoms with Crippen LogP contribution in [0.3, 0.4) is 0 Å². The van der Waals surface area contributed by atoms with E-state index in [-0.39, 0.29) is 18.2 Å². The van der Waals surface area contributed by atoms with Crippen LogP contribution in [0, 0.1) is 0 Å². The lowest BCUT2D eigenvalue weighted by Gasteiger charge is -2.09. The molecular formula is C18H18N2O5. The Bertz CT molecular complexity index is 821. The normalized spacial score (nSPS) is 11.5. The van der Waals surface area contributed by atoms with Gasteiger partial charge in [0.05, 0.1) is 26.2 Å². The summed E-state index contributed by atoms with van der Waals surface area (Å²) in [4.78, 5) is 10.6. The van der Waals surface area contributed by atoms with E-state index in [1.165, 1.54) is 13.2 Å². The average Bonchev–Trinajstić information content (AvgIpc) is 3.09. The Labute approximate surface area is 144 Å². The predicted molar refractivity (Wildman–Crippen MR) is 92.4 cm³/mol. The molecule has 0 unspecified atom stereocenters. The summed E-state index contributed by atoms with van der Waals surface area (Å²) in [6.45, 7) is 3.63. The molecule has 25 heavy (non-hydrogen) atoms. The third kappa shape index (κ3) is 4.35. The first-order valence-corrected chi connectivity index (χ1v) is 7.37. The number of hydrogen-bond donors (Lipinski definition) is 1. The van der Waals surface area contributed by atoms with Gasteiger partial charge in [0, 0.05) is 5.57 Å². The molecule has 0 saturated carbocycles. The van der Waals surface area contributed by atoms with Gasteiger partial charge in [0.2, 0.25) is 5.89 Å². The number of nitrogens with zero attached hydrogens (tertiary/aromatic N) is 2. The summed E-state index contributed by atoms with van der Waals surface area (Å²) in [5, 5.41) is 16.8. The van der Waals surface area contributed by atoms with Gasteiger partial charge in [-0.2, -0.15) is 0 Å². The van der Waals surface area contributed by atoms with Gasteiger partial charge in [-0.1, -0.05) is 36.9 Å². The van der Waals surface area contributed by atoms with Crippen LogP contribution >= 0.6 is 0 Å². The van der Waals surface area contributed by atoms with Crippen molar-refractivity contribution in [3.8, 4) is 23.0 Å². The first kappa shape index (κ1) is 18.0. The molecule has 0 aliphatic rings. The molecule has 0 fully saturated rings. The van der Waals surface area contributed by atoms with Crippen molar-refractivity contribution in [2.45, 2.75) is 6.42 Å². The van der Waals surface area contributed by atoms with Gasteiger partial charge in [0.1, 0.15) is 0 Å². The molecule has 0 spiro atoms. The zero-order chi connectivity index (χ0) is 18.2. The number of benzene rings is 1. The molecule has 2 aromatic rings. The van der Waals surface area contributed by atoms with Gasteiger partial charge >= 0.3 is 5.97 Å². The fourth-order valence-corrected chi connectivity index (χ4v) is 2.12. The maximum atomic E-state index is 10.6. The van der Waals surface area contributed by atoms with Crippen LogP contribution in [-0.2, 0) is 4.79 Å². The van der Waals surface area contributed by atoms with Gasteiger partial charge in [-0.15, -0.1) is 10.2 Å². The lowest BCUT2D eigenvalue weighted by molar-refractivity contribution is -0.136. The minimum absolute atomic E-state index is 0.112. The van der Waals surface area contributed by atoms with Crippen molar-refractivity contribution in [3.63, 3.8) is 0 Å². The number of carboxylic acid groups (broad SMARTS) is 1. The molecular weight excluding hydrogens is 324 g/mol. The number of ether oxygens (including phenoxy) is 2. The number of aromatic nitrogens is 2. The van der Waals surface area contributed by atoms with E-state index in [4.69, 9.17) is 19.0 Å². The molecule has 0 amide bonds. The maximum Gasteiger partial charge on any atom is 0.307 e. The SMILES string of the molecule is C=C/C=C(\C=C/CC(=O)O)c1nnc(-c2cccc(OC)c2OC)o1. The minimum Gasteiger partial charge on any atom is -0.493 e. The molecule has 0 saturated heterocycles. The van der Waals surface area contributed by atoms with E-state index in [1.807, 2.05) is 0 Å². The minimum atomic E-state index is -0.929. The molecule has 0 atom stereocenters. The van der Waals surface area contributed by atoms with Crippen LogP contribution in [0.15, 0.2) is 53.5 Å². The highest BCUT2D eigenvalue weighted by Crippen LogP contribution is 2.37.